The fraction of sp³-hybridized carbons (Fsp3) is 0.0769. The van der Waals surface area contributed by atoms with E-state index in [1.54, 1.807) is 0 Å². The van der Waals surface area contributed by atoms with Crippen molar-refractivity contribution in [3.05, 3.63) is 203 Å². The van der Waals surface area contributed by atoms with Crippen LogP contribution in [0.25, 0.3) is 60.9 Å². The first kappa shape index (κ1) is 28.9. The molecular weight excluding hydrogens is 653 g/mol. The van der Waals surface area contributed by atoms with Gasteiger partial charge in [-0.3, -0.25) is 0 Å². The smallest absolute Gasteiger partial charge is 0.0619 e. The molecule has 0 radical (unpaired) electrons. The molecule has 0 spiro atoms. The van der Waals surface area contributed by atoms with E-state index in [4.69, 9.17) is 0 Å². The molecule has 0 fully saturated rings. The van der Waals surface area contributed by atoms with Crippen LogP contribution in [0.1, 0.15) is 47.2 Å². The molecule has 0 amide bonds. The van der Waals surface area contributed by atoms with Crippen LogP contribution in [0.15, 0.2) is 170 Å². The number of fused-ring (bicyclic) bond motifs is 14. The quantitative estimate of drug-likeness (QED) is 0.176. The molecule has 2 unspecified atom stereocenters. The van der Waals surface area contributed by atoms with Gasteiger partial charge in [-0.25, -0.2) is 0 Å². The lowest BCUT2D eigenvalue weighted by atomic mass is 9.64. The van der Waals surface area contributed by atoms with E-state index in [1.807, 2.05) is 0 Å². The van der Waals surface area contributed by atoms with Gasteiger partial charge < -0.3 is 9.47 Å². The topological polar surface area (TPSA) is 8.17 Å². The number of benzene rings is 8. The molecular formula is C52H34N2. The van der Waals surface area contributed by atoms with Gasteiger partial charge in [0, 0.05) is 32.9 Å². The summed E-state index contributed by atoms with van der Waals surface area (Å²) >= 11 is 0. The minimum absolute atomic E-state index is 0.267. The Morgan fingerprint density at radius 3 is 1.83 bits per heavy atom. The van der Waals surface area contributed by atoms with Gasteiger partial charge in [-0.1, -0.05) is 140 Å². The van der Waals surface area contributed by atoms with Crippen molar-refractivity contribution in [2.45, 2.75) is 24.7 Å². The maximum Gasteiger partial charge on any atom is 0.0619 e. The predicted molar refractivity (Wildman–Crippen MR) is 223 cm³/mol. The molecule has 4 aliphatic rings. The lowest BCUT2D eigenvalue weighted by Gasteiger charge is -2.49. The van der Waals surface area contributed by atoms with E-state index < -0.39 is 0 Å². The minimum atomic E-state index is -0.309. The number of para-hydroxylation sites is 3. The third-order valence-corrected chi connectivity index (χ3v) is 13.5. The predicted octanol–water partition coefficient (Wildman–Crippen LogP) is 13.2. The van der Waals surface area contributed by atoms with Crippen LogP contribution in [-0.2, 0) is 10.8 Å². The number of aromatic nitrogens is 1. The van der Waals surface area contributed by atoms with E-state index in [9.17, 15) is 0 Å². The first-order valence-corrected chi connectivity index (χ1v) is 19.1. The SMILES string of the molecule is CC12c3ccccc3-c3cccc(c31)N1c3cc(-c4cccc5c6ccccc6n(-c6ccccc6)c45)ccc3C3(C)c4ccccc4-c4ccc2c1c43. The number of hydrogen-bond donors (Lipinski definition) is 0. The molecule has 54 heavy (non-hydrogen) atoms. The zero-order chi connectivity index (χ0) is 35.5. The molecule has 2 aliphatic heterocycles. The highest BCUT2D eigenvalue weighted by Gasteiger charge is 2.55. The summed E-state index contributed by atoms with van der Waals surface area (Å²) in [6, 6.07) is 64.0. The van der Waals surface area contributed by atoms with Crippen molar-refractivity contribution in [1.29, 1.82) is 0 Å². The van der Waals surface area contributed by atoms with Crippen LogP contribution >= 0.6 is 0 Å². The Labute approximate surface area is 314 Å². The van der Waals surface area contributed by atoms with Gasteiger partial charge >= 0.3 is 0 Å². The van der Waals surface area contributed by atoms with E-state index in [0.717, 1.165) is 0 Å². The third-order valence-electron chi connectivity index (χ3n) is 13.5. The molecule has 13 rings (SSSR count). The number of hydrogen-bond acceptors (Lipinski definition) is 1. The average Bonchev–Trinajstić information content (AvgIpc) is 3.81. The summed E-state index contributed by atoms with van der Waals surface area (Å²) < 4.78 is 2.46. The fourth-order valence-electron chi connectivity index (χ4n) is 11.3. The summed E-state index contributed by atoms with van der Waals surface area (Å²) in [5.74, 6) is 0. The van der Waals surface area contributed by atoms with Gasteiger partial charge in [0.25, 0.3) is 0 Å². The molecule has 2 nitrogen and oxygen atoms in total. The summed E-state index contributed by atoms with van der Waals surface area (Å²) in [5.41, 5.74) is 23.2. The van der Waals surface area contributed by atoms with Crippen LogP contribution in [0, 0.1) is 0 Å². The molecule has 0 N–H and O–H groups in total. The number of anilines is 3. The van der Waals surface area contributed by atoms with Crippen molar-refractivity contribution in [3.8, 4) is 39.1 Å². The van der Waals surface area contributed by atoms with Crippen molar-refractivity contribution in [2.24, 2.45) is 0 Å². The molecule has 0 saturated carbocycles. The standard InChI is InChI=1S/C52H34N2/c1-51-40-22-9-7-17-35(40)38-27-29-43-50(48(38)51)54(45-25-13-20-37-34-16-6-10-23-41(34)52(43,2)47(37)45)46-30-31(26-28-42(46)51)33-19-12-21-39-36-18-8-11-24-44(36)53(49(33)39)32-14-4-3-5-15-32/h3-30H,1-2H3. The van der Waals surface area contributed by atoms with E-state index in [0.29, 0.717) is 0 Å². The summed E-state index contributed by atoms with van der Waals surface area (Å²) in [6.07, 6.45) is 0. The molecule has 3 heterocycles. The van der Waals surface area contributed by atoms with Gasteiger partial charge in [0.05, 0.1) is 28.1 Å². The van der Waals surface area contributed by atoms with Crippen LogP contribution in [0.3, 0.4) is 0 Å². The van der Waals surface area contributed by atoms with E-state index >= 15 is 0 Å². The Hall–Kier alpha value is -6.64. The Morgan fingerprint density at radius 1 is 0.407 bits per heavy atom. The molecule has 2 atom stereocenters. The van der Waals surface area contributed by atoms with Gasteiger partial charge in [0.15, 0.2) is 0 Å². The second-order valence-electron chi connectivity index (χ2n) is 15.9. The highest BCUT2D eigenvalue weighted by atomic mass is 15.2. The second kappa shape index (κ2) is 9.66. The van der Waals surface area contributed by atoms with Gasteiger partial charge in [0.2, 0.25) is 0 Å². The Kier molecular flexibility index (Phi) is 5.17. The Morgan fingerprint density at radius 2 is 1.02 bits per heavy atom. The molecule has 2 aliphatic carbocycles. The maximum atomic E-state index is 2.65. The minimum Gasteiger partial charge on any atom is -0.309 e. The molecule has 9 aromatic rings. The zero-order valence-corrected chi connectivity index (χ0v) is 30.1. The van der Waals surface area contributed by atoms with Gasteiger partial charge in [-0.05, 0) is 105 Å². The van der Waals surface area contributed by atoms with E-state index in [1.165, 1.54) is 111 Å². The first-order chi connectivity index (χ1) is 26.6. The summed E-state index contributed by atoms with van der Waals surface area (Å²) in [7, 11) is 0. The zero-order valence-electron chi connectivity index (χ0n) is 30.1. The summed E-state index contributed by atoms with van der Waals surface area (Å²) in [4.78, 5) is 2.65. The molecule has 0 bridgehead atoms. The summed E-state index contributed by atoms with van der Waals surface area (Å²) in [6.45, 7) is 4.96. The molecule has 8 aromatic carbocycles. The highest BCUT2D eigenvalue weighted by Crippen LogP contribution is 2.70. The Balaban J connectivity index is 1.16. The van der Waals surface area contributed by atoms with Crippen LogP contribution < -0.4 is 4.90 Å². The summed E-state index contributed by atoms with van der Waals surface area (Å²) in [5, 5.41) is 2.54. The average molecular weight is 687 g/mol. The maximum absolute atomic E-state index is 2.65. The molecule has 252 valence electrons. The molecule has 0 saturated heterocycles. The second-order valence-corrected chi connectivity index (χ2v) is 15.9. The fourth-order valence-corrected chi connectivity index (χ4v) is 11.3. The van der Waals surface area contributed by atoms with Gasteiger partial charge in [-0.15, -0.1) is 0 Å². The van der Waals surface area contributed by atoms with E-state index in [2.05, 4.69) is 193 Å². The van der Waals surface area contributed by atoms with Crippen LogP contribution in [0.2, 0.25) is 0 Å². The van der Waals surface area contributed by atoms with Crippen LogP contribution in [0.4, 0.5) is 17.1 Å². The number of rotatable bonds is 2. The van der Waals surface area contributed by atoms with Crippen molar-refractivity contribution >= 4 is 38.9 Å². The monoisotopic (exact) mass is 686 g/mol. The Bertz CT molecular complexity index is 3150. The highest BCUT2D eigenvalue weighted by molar-refractivity contribution is 6.14. The third kappa shape index (κ3) is 3.15. The lowest BCUT2D eigenvalue weighted by molar-refractivity contribution is 0.664. The van der Waals surface area contributed by atoms with Gasteiger partial charge in [-0.2, -0.15) is 0 Å². The van der Waals surface area contributed by atoms with Crippen molar-refractivity contribution in [3.63, 3.8) is 0 Å². The largest absolute Gasteiger partial charge is 0.309 e. The van der Waals surface area contributed by atoms with E-state index in [-0.39, 0.29) is 10.8 Å². The van der Waals surface area contributed by atoms with Crippen LogP contribution in [-0.4, -0.2) is 4.57 Å². The van der Waals surface area contributed by atoms with Crippen LogP contribution in [0.5, 0.6) is 0 Å². The van der Waals surface area contributed by atoms with Crippen molar-refractivity contribution in [1.82, 2.24) is 4.57 Å². The number of nitrogens with zero attached hydrogens (tertiary/aromatic N) is 2. The molecule has 2 heteroatoms. The molecule has 1 aromatic heterocycles. The van der Waals surface area contributed by atoms with Gasteiger partial charge in [0.1, 0.15) is 0 Å². The van der Waals surface area contributed by atoms with Crippen molar-refractivity contribution in [2.75, 3.05) is 4.90 Å². The lowest BCUT2D eigenvalue weighted by Crippen LogP contribution is -2.39. The normalized spacial score (nSPS) is 19.0. The first-order valence-electron chi connectivity index (χ1n) is 19.1. The van der Waals surface area contributed by atoms with Crippen molar-refractivity contribution < 1.29 is 0 Å².